The average Bonchev–Trinajstić information content (AvgIpc) is 2.69. The molecule has 1 atom stereocenters. The number of hydrogen-bond donors (Lipinski definition) is 2. The third-order valence-corrected chi connectivity index (χ3v) is 4.40. The maximum Gasteiger partial charge on any atom is 0.212 e. The molecule has 1 aromatic heterocycles. The molecule has 0 aliphatic carbocycles. The summed E-state index contributed by atoms with van der Waals surface area (Å²) in [5.41, 5.74) is 1.20. The molecule has 0 radical (unpaired) electrons. The Morgan fingerprint density at radius 2 is 2.25 bits per heavy atom. The fourth-order valence-corrected chi connectivity index (χ4v) is 3.07. The molecule has 0 aromatic carbocycles. The van der Waals surface area contributed by atoms with Gasteiger partial charge in [-0.1, -0.05) is 6.92 Å². The summed E-state index contributed by atoms with van der Waals surface area (Å²) in [5.74, 6) is 0.120. The van der Waals surface area contributed by atoms with E-state index in [0.717, 1.165) is 0 Å². The zero-order valence-electron chi connectivity index (χ0n) is 9.56. The van der Waals surface area contributed by atoms with Gasteiger partial charge in [0, 0.05) is 19.1 Å². The van der Waals surface area contributed by atoms with Crippen molar-refractivity contribution in [3.05, 3.63) is 22.4 Å². The van der Waals surface area contributed by atoms with Crippen LogP contribution in [0.15, 0.2) is 16.8 Å². The molecule has 0 bridgehead atoms. The van der Waals surface area contributed by atoms with E-state index in [4.69, 9.17) is 0 Å². The first-order valence-corrected chi connectivity index (χ1v) is 7.87. The summed E-state index contributed by atoms with van der Waals surface area (Å²) in [4.78, 5) is 0. The summed E-state index contributed by atoms with van der Waals surface area (Å²) in [6.07, 6.45) is 0. The van der Waals surface area contributed by atoms with E-state index >= 15 is 0 Å². The second-order valence-electron chi connectivity index (χ2n) is 3.55. The van der Waals surface area contributed by atoms with E-state index < -0.39 is 10.0 Å². The fourth-order valence-electron chi connectivity index (χ4n) is 1.34. The summed E-state index contributed by atoms with van der Waals surface area (Å²) in [6, 6.07) is 2.24. The minimum atomic E-state index is -3.11. The largest absolute Gasteiger partial charge is 0.309 e. The molecule has 16 heavy (non-hydrogen) atoms. The van der Waals surface area contributed by atoms with Crippen LogP contribution < -0.4 is 10.0 Å². The van der Waals surface area contributed by atoms with Gasteiger partial charge in [-0.3, -0.25) is 0 Å². The molecule has 6 heteroatoms. The Labute approximate surface area is 101 Å². The van der Waals surface area contributed by atoms with Gasteiger partial charge in [-0.25, -0.2) is 13.1 Å². The van der Waals surface area contributed by atoms with E-state index in [1.54, 1.807) is 18.3 Å². The Balaban J connectivity index is 2.31. The predicted molar refractivity (Wildman–Crippen MR) is 68.2 cm³/mol. The SMILES string of the molecule is CCNS(=O)(=O)CCNC(C)c1ccsc1. The minimum absolute atomic E-state index is 0.120. The van der Waals surface area contributed by atoms with Crippen LogP contribution in [-0.2, 0) is 10.0 Å². The molecule has 2 N–H and O–H groups in total. The highest BCUT2D eigenvalue weighted by molar-refractivity contribution is 7.89. The van der Waals surface area contributed by atoms with Gasteiger partial charge in [-0.2, -0.15) is 11.3 Å². The lowest BCUT2D eigenvalue weighted by Gasteiger charge is -2.12. The molecule has 0 saturated carbocycles. The van der Waals surface area contributed by atoms with Gasteiger partial charge in [0.25, 0.3) is 0 Å². The smallest absolute Gasteiger partial charge is 0.212 e. The predicted octanol–water partition coefficient (Wildman–Crippen LogP) is 1.34. The lowest BCUT2D eigenvalue weighted by molar-refractivity contribution is 0.564. The molecule has 0 saturated heterocycles. The van der Waals surface area contributed by atoms with E-state index in [9.17, 15) is 8.42 Å². The van der Waals surface area contributed by atoms with Gasteiger partial charge in [-0.05, 0) is 29.3 Å². The topological polar surface area (TPSA) is 58.2 Å². The molecule has 0 aliphatic heterocycles. The van der Waals surface area contributed by atoms with Crippen LogP contribution in [0.4, 0.5) is 0 Å². The molecular weight excluding hydrogens is 244 g/mol. The number of sulfonamides is 1. The monoisotopic (exact) mass is 262 g/mol. The molecular formula is C10H18N2O2S2. The Bertz CT molecular complexity index is 387. The van der Waals surface area contributed by atoms with Crippen LogP contribution in [0.25, 0.3) is 0 Å². The Morgan fingerprint density at radius 1 is 1.50 bits per heavy atom. The maximum absolute atomic E-state index is 11.3. The van der Waals surface area contributed by atoms with E-state index in [-0.39, 0.29) is 11.8 Å². The first-order valence-electron chi connectivity index (χ1n) is 5.28. The van der Waals surface area contributed by atoms with Gasteiger partial charge in [0.2, 0.25) is 10.0 Å². The quantitative estimate of drug-likeness (QED) is 0.779. The third kappa shape index (κ3) is 4.61. The highest BCUT2D eigenvalue weighted by Crippen LogP contribution is 2.14. The molecule has 1 unspecified atom stereocenters. The highest BCUT2D eigenvalue weighted by Gasteiger charge is 2.10. The highest BCUT2D eigenvalue weighted by atomic mass is 32.2. The number of nitrogens with one attached hydrogen (secondary N) is 2. The Morgan fingerprint density at radius 3 is 2.81 bits per heavy atom. The van der Waals surface area contributed by atoms with Crippen molar-refractivity contribution in [1.29, 1.82) is 0 Å². The van der Waals surface area contributed by atoms with Crippen LogP contribution in [0.5, 0.6) is 0 Å². The molecule has 0 fully saturated rings. The molecule has 0 spiro atoms. The van der Waals surface area contributed by atoms with Gasteiger partial charge in [-0.15, -0.1) is 0 Å². The van der Waals surface area contributed by atoms with Crippen LogP contribution in [0.2, 0.25) is 0 Å². The van der Waals surface area contributed by atoms with Crippen molar-refractivity contribution in [3.63, 3.8) is 0 Å². The standard InChI is InChI=1S/C10H18N2O2S2/c1-3-12-16(13,14)7-5-11-9(2)10-4-6-15-8-10/h4,6,8-9,11-12H,3,5,7H2,1-2H3. The summed E-state index contributed by atoms with van der Waals surface area (Å²) in [7, 11) is -3.11. The van der Waals surface area contributed by atoms with Crippen LogP contribution in [0.1, 0.15) is 25.5 Å². The van der Waals surface area contributed by atoms with Crippen LogP contribution >= 0.6 is 11.3 Å². The molecule has 1 heterocycles. The van der Waals surface area contributed by atoms with Gasteiger partial charge in [0.05, 0.1) is 5.75 Å². The van der Waals surface area contributed by atoms with Crippen LogP contribution in [0, 0.1) is 0 Å². The molecule has 4 nitrogen and oxygen atoms in total. The normalized spacial score (nSPS) is 13.9. The van der Waals surface area contributed by atoms with Gasteiger partial charge in [0.1, 0.15) is 0 Å². The van der Waals surface area contributed by atoms with Crippen molar-refractivity contribution >= 4 is 21.4 Å². The van der Waals surface area contributed by atoms with Crippen molar-refractivity contribution in [3.8, 4) is 0 Å². The molecule has 0 aliphatic rings. The summed E-state index contributed by atoms with van der Waals surface area (Å²) >= 11 is 1.64. The van der Waals surface area contributed by atoms with E-state index in [0.29, 0.717) is 13.1 Å². The Hall–Kier alpha value is -0.430. The van der Waals surface area contributed by atoms with E-state index in [2.05, 4.69) is 15.4 Å². The molecule has 1 rings (SSSR count). The molecule has 92 valence electrons. The molecule has 1 aromatic rings. The summed E-state index contributed by atoms with van der Waals surface area (Å²) < 4.78 is 25.2. The number of thiophene rings is 1. The summed E-state index contributed by atoms with van der Waals surface area (Å²) in [6.45, 7) is 4.72. The van der Waals surface area contributed by atoms with Gasteiger partial charge < -0.3 is 5.32 Å². The second-order valence-corrected chi connectivity index (χ2v) is 6.26. The fraction of sp³-hybridized carbons (Fsp3) is 0.600. The van der Waals surface area contributed by atoms with Gasteiger partial charge in [0.15, 0.2) is 0 Å². The summed E-state index contributed by atoms with van der Waals surface area (Å²) in [5, 5.41) is 7.27. The van der Waals surface area contributed by atoms with Crippen LogP contribution in [-0.4, -0.2) is 27.3 Å². The third-order valence-electron chi connectivity index (χ3n) is 2.23. The average molecular weight is 262 g/mol. The van der Waals surface area contributed by atoms with Crippen molar-refractivity contribution in [2.24, 2.45) is 0 Å². The van der Waals surface area contributed by atoms with Crippen molar-refractivity contribution < 1.29 is 8.42 Å². The van der Waals surface area contributed by atoms with Crippen LogP contribution in [0.3, 0.4) is 0 Å². The molecule has 0 amide bonds. The minimum Gasteiger partial charge on any atom is -0.309 e. The maximum atomic E-state index is 11.3. The second kappa shape index (κ2) is 6.34. The first kappa shape index (κ1) is 13.6. The first-order chi connectivity index (χ1) is 7.55. The lowest BCUT2D eigenvalue weighted by Crippen LogP contribution is -2.32. The zero-order chi connectivity index (χ0) is 12.0. The zero-order valence-corrected chi connectivity index (χ0v) is 11.2. The number of hydrogen-bond acceptors (Lipinski definition) is 4. The Kier molecular flexibility index (Phi) is 5.40. The van der Waals surface area contributed by atoms with Crippen molar-refractivity contribution in [2.75, 3.05) is 18.8 Å². The van der Waals surface area contributed by atoms with Gasteiger partial charge >= 0.3 is 0 Å². The van der Waals surface area contributed by atoms with E-state index in [1.165, 1.54) is 5.56 Å². The van der Waals surface area contributed by atoms with Crippen molar-refractivity contribution in [2.45, 2.75) is 19.9 Å². The van der Waals surface area contributed by atoms with Crippen molar-refractivity contribution in [1.82, 2.24) is 10.0 Å². The number of rotatable bonds is 7. The van der Waals surface area contributed by atoms with E-state index in [1.807, 2.05) is 18.4 Å². The lowest BCUT2D eigenvalue weighted by atomic mass is 10.2.